The van der Waals surface area contributed by atoms with E-state index in [9.17, 15) is 0 Å². The van der Waals surface area contributed by atoms with Gasteiger partial charge >= 0.3 is 0 Å². The molecule has 1 aromatic heterocycles. The van der Waals surface area contributed by atoms with Crippen molar-refractivity contribution in [2.45, 2.75) is 6.54 Å². The smallest absolute Gasteiger partial charge is 0.240 e. The highest BCUT2D eigenvalue weighted by Crippen LogP contribution is 2.13. The predicted molar refractivity (Wildman–Crippen MR) is 47.6 cm³/mol. The van der Waals surface area contributed by atoms with Gasteiger partial charge in [-0.05, 0) is 0 Å². The van der Waals surface area contributed by atoms with Gasteiger partial charge in [0.2, 0.25) is 11.7 Å². The molecule has 0 amide bonds. The molecule has 2 aromatic rings. The molecule has 0 aliphatic rings. The first kappa shape index (κ1) is 7.94. The minimum atomic E-state index is 0.278. The van der Waals surface area contributed by atoms with Gasteiger partial charge in [-0.15, -0.1) is 0 Å². The van der Waals surface area contributed by atoms with Crippen molar-refractivity contribution in [3.8, 4) is 11.4 Å². The molecule has 0 atom stereocenters. The largest absolute Gasteiger partial charge is 0.338 e. The first-order valence-corrected chi connectivity index (χ1v) is 3.98. The van der Waals surface area contributed by atoms with Crippen molar-refractivity contribution < 1.29 is 4.52 Å². The van der Waals surface area contributed by atoms with E-state index in [-0.39, 0.29) is 6.54 Å². The fourth-order valence-electron chi connectivity index (χ4n) is 1.04. The van der Waals surface area contributed by atoms with E-state index < -0.39 is 0 Å². The van der Waals surface area contributed by atoms with Gasteiger partial charge in [0.15, 0.2) is 0 Å². The normalized spacial score (nSPS) is 10.2. The molecule has 0 aliphatic heterocycles. The summed E-state index contributed by atoms with van der Waals surface area (Å²) in [7, 11) is 0. The molecule has 66 valence electrons. The Hall–Kier alpha value is -1.68. The number of aromatic nitrogens is 2. The number of hydrogen-bond donors (Lipinski definition) is 1. The molecule has 1 aromatic carbocycles. The minimum absolute atomic E-state index is 0.278. The highest BCUT2D eigenvalue weighted by atomic mass is 16.5. The van der Waals surface area contributed by atoms with Crippen LogP contribution in [0.1, 0.15) is 5.89 Å². The number of hydrogen-bond acceptors (Lipinski definition) is 4. The van der Waals surface area contributed by atoms with Gasteiger partial charge in [0, 0.05) is 5.56 Å². The molecule has 0 aliphatic carbocycles. The van der Waals surface area contributed by atoms with Crippen molar-refractivity contribution in [3.63, 3.8) is 0 Å². The number of nitrogens with two attached hydrogens (primary N) is 1. The number of nitrogens with zero attached hydrogens (tertiary/aromatic N) is 2. The Morgan fingerprint density at radius 1 is 1.23 bits per heavy atom. The molecule has 0 unspecified atom stereocenters. The summed E-state index contributed by atoms with van der Waals surface area (Å²) in [5.41, 5.74) is 6.28. The molecule has 13 heavy (non-hydrogen) atoms. The van der Waals surface area contributed by atoms with Gasteiger partial charge < -0.3 is 10.3 Å². The maximum absolute atomic E-state index is 5.34. The second kappa shape index (κ2) is 3.37. The Kier molecular flexibility index (Phi) is 2.06. The maximum atomic E-state index is 5.34. The Morgan fingerprint density at radius 3 is 2.62 bits per heavy atom. The van der Waals surface area contributed by atoms with Gasteiger partial charge in [-0.1, -0.05) is 35.5 Å². The van der Waals surface area contributed by atoms with Crippen molar-refractivity contribution in [2.75, 3.05) is 0 Å². The lowest BCUT2D eigenvalue weighted by Gasteiger charge is -1.89. The average Bonchev–Trinajstić information content (AvgIpc) is 2.67. The molecule has 4 nitrogen and oxygen atoms in total. The van der Waals surface area contributed by atoms with Crippen LogP contribution in [0, 0.1) is 0 Å². The molecule has 0 fully saturated rings. The van der Waals surface area contributed by atoms with Gasteiger partial charge in [0.05, 0.1) is 6.54 Å². The molecule has 1 heterocycles. The van der Waals surface area contributed by atoms with Crippen molar-refractivity contribution in [2.24, 2.45) is 5.73 Å². The lowest BCUT2D eigenvalue weighted by Crippen LogP contribution is -1.95. The molecule has 2 N–H and O–H groups in total. The van der Waals surface area contributed by atoms with E-state index in [1.54, 1.807) is 0 Å². The van der Waals surface area contributed by atoms with Crippen LogP contribution in [0.15, 0.2) is 34.9 Å². The van der Waals surface area contributed by atoms with E-state index in [1.807, 2.05) is 30.3 Å². The lowest BCUT2D eigenvalue weighted by molar-refractivity contribution is 0.380. The van der Waals surface area contributed by atoms with Crippen molar-refractivity contribution >= 4 is 0 Å². The maximum Gasteiger partial charge on any atom is 0.240 e. The van der Waals surface area contributed by atoms with Crippen LogP contribution < -0.4 is 5.73 Å². The Balaban J connectivity index is 2.36. The average molecular weight is 175 g/mol. The van der Waals surface area contributed by atoms with Crippen LogP contribution in [0.5, 0.6) is 0 Å². The van der Waals surface area contributed by atoms with Crippen molar-refractivity contribution in [1.82, 2.24) is 10.1 Å². The molecule has 4 heteroatoms. The van der Waals surface area contributed by atoms with Crippen LogP contribution >= 0.6 is 0 Å². The van der Waals surface area contributed by atoms with E-state index in [4.69, 9.17) is 10.3 Å². The summed E-state index contributed by atoms with van der Waals surface area (Å²) < 4.78 is 4.88. The minimum Gasteiger partial charge on any atom is -0.338 e. The summed E-state index contributed by atoms with van der Waals surface area (Å²) in [6, 6.07) is 9.63. The Bertz CT molecular complexity index is 383. The predicted octanol–water partition coefficient (Wildman–Crippen LogP) is 1.20. The monoisotopic (exact) mass is 175 g/mol. The molecule has 2 rings (SSSR count). The van der Waals surface area contributed by atoms with Crippen LogP contribution in [0.25, 0.3) is 11.4 Å². The summed E-state index contributed by atoms with van der Waals surface area (Å²) >= 11 is 0. The zero-order chi connectivity index (χ0) is 9.10. The molecule has 0 bridgehead atoms. The van der Waals surface area contributed by atoms with E-state index in [0.717, 1.165) is 5.56 Å². The molecule has 0 saturated heterocycles. The number of rotatable bonds is 2. The van der Waals surface area contributed by atoms with E-state index >= 15 is 0 Å². The van der Waals surface area contributed by atoms with Crippen molar-refractivity contribution in [3.05, 3.63) is 36.2 Å². The van der Waals surface area contributed by atoms with Crippen LogP contribution in [-0.2, 0) is 6.54 Å². The lowest BCUT2D eigenvalue weighted by atomic mass is 10.2. The molecule has 0 saturated carbocycles. The summed E-state index contributed by atoms with van der Waals surface area (Å²) in [5.74, 6) is 1.04. The van der Waals surface area contributed by atoms with Crippen LogP contribution in [-0.4, -0.2) is 10.1 Å². The summed E-state index contributed by atoms with van der Waals surface area (Å²) in [4.78, 5) is 4.10. The SMILES string of the molecule is NCc1nc(-c2ccccc2)no1. The third kappa shape index (κ3) is 1.57. The summed E-state index contributed by atoms with van der Waals surface area (Å²) in [6.45, 7) is 0.278. The Morgan fingerprint density at radius 2 is 2.00 bits per heavy atom. The second-order valence-corrected chi connectivity index (χ2v) is 2.58. The standard InChI is InChI=1S/C9H9N3O/c10-6-8-11-9(12-13-8)7-4-2-1-3-5-7/h1-5H,6,10H2. The number of benzene rings is 1. The first-order chi connectivity index (χ1) is 6.40. The molecular weight excluding hydrogens is 166 g/mol. The quantitative estimate of drug-likeness (QED) is 0.744. The zero-order valence-corrected chi connectivity index (χ0v) is 6.97. The third-order valence-corrected chi connectivity index (χ3v) is 1.67. The fraction of sp³-hybridized carbons (Fsp3) is 0.111. The zero-order valence-electron chi connectivity index (χ0n) is 6.97. The summed E-state index contributed by atoms with van der Waals surface area (Å²) in [6.07, 6.45) is 0. The molecule has 0 radical (unpaired) electrons. The van der Waals surface area contributed by atoms with E-state index in [2.05, 4.69) is 10.1 Å². The molecule has 0 spiro atoms. The third-order valence-electron chi connectivity index (χ3n) is 1.67. The highest BCUT2D eigenvalue weighted by Gasteiger charge is 2.05. The summed E-state index contributed by atoms with van der Waals surface area (Å²) in [5, 5.41) is 3.79. The first-order valence-electron chi connectivity index (χ1n) is 3.98. The van der Waals surface area contributed by atoms with Gasteiger partial charge in [-0.25, -0.2) is 0 Å². The van der Waals surface area contributed by atoms with E-state index in [1.165, 1.54) is 0 Å². The Labute approximate surface area is 75.4 Å². The van der Waals surface area contributed by atoms with Crippen LogP contribution in [0.4, 0.5) is 0 Å². The van der Waals surface area contributed by atoms with E-state index in [0.29, 0.717) is 11.7 Å². The topological polar surface area (TPSA) is 64.9 Å². The van der Waals surface area contributed by atoms with Crippen molar-refractivity contribution in [1.29, 1.82) is 0 Å². The van der Waals surface area contributed by atoms with Gasteiger partial charge in [0.1, 0.15) is 0 Å². The van der Waals surface area contributed by atoms with Gasteiger partial charge in [-0.3, -0.25) is 0 Å². The van der Waals surface area contributed by atoms with Gasteiger partial charge in [0.25, 0.3) is 0 Å². The van der Waals surface area contributed by atoms with Crippen LogP contribution in [0.2, 0.25) is 0 Å². The highest BCUT2D eigenvalue weighted by molar-refractivity contribution is 5.53. The van der Waals surface area contributed by atoms with Gasteiger partial charge in [-0.2, -0.15) is 4.98 Å². The second-order valence-electron chi connectivity index (χ2n) is 2.58. The molecular formula is C9H9N3O. The fourth-order valence-corrected chi connectivity index (χ4v) is 1.04. The van der Waals surface area contributed by atoms with Crippen LogP contribution in [0.3, 0.4) is 0 Å².